The molecule has 0 fully saturated rings. The summed E-state index contributed by atoms with van der Waals surface area (Å²) in [7, 11) is 0. The van der Waals surface area contributed by atoms with Crippen molar-refractivity contribution in [3.63, 3.8) is 0 Å². The molecule has 3 N–H and O–H groups in total. The van der Waals surface area contributed by atoms with E-state index in [-0.39, 0.29) is 5.84 Å². The molecular weight excluding hydrogens is 140 g/mol. The minimum Gasteiger partial charge on any atom is -0.384 e. The Morgan fingerprint density at radius 2 is 2.55 bits per heavy atom. The van der Waals surface area contributed by atoms with Gasteiger partial charge in [-0.3, -0.25) is 10.1 Å². The van der Waals surface area contributed by atoms with Crippen molar-refractivity contribution in [2.24, 2.45) is 5.73 Å². The van der Waals surface area contributed by atoms with E-state index in [2.05, 4.69) is 12.0 Å². The number of hydrogen-bond donors (Lipinski definition) is 2. The Hall–Kier alpha value is -1.32. The van der Waals surface area contributed by atoms with Gasteiger partial charge in [0.1, 0.15) is 5.84 Å². The third kappa shape index (κ3) is 1.80. The number of aromatic nitrogens is 2. The molecule has 1 aromatic heterocycles. The van der Waals surface area contributed by atoms with Gasteiger partial charge in [-0.15, -0.1) is 0 Å². The van der Waals surface area contributed by atoms with E-state index in [9.17, 15) is 0 Å². The lowest BCUT2D eigenvalue weighted by Gasteiger charge is -1.94. The molecule has 0 saturated heterocycles. The first-order chi connectivity index (χ1) is 5.24. The lowest BCUT2D eigenvalue weighted by Crippen LogP contribution is -2.09. The topological polar surface area (TPSA) is 67.7 Å². The van der Waals surface area contributed by atoms with E-state index in [0.29, 0.717) is 5.56 Å². The molecular formula is C7H12N4. The molecule has 0 bridgehead atoms. The number of nitrogen functional groups attached to an aromatic ring is 1. The van der Waals surface area contributed by atoms with Gasteiger partial charge in [-0.05, 0) is 6.42 Å². The van der Waals surface area contributed by atoms with Crippen molar-refractivity contribution in [2.75, 3.05) is 0 Å². The molecule has 1 heterocycles. The highest BCUT2D eigenvalue weighted by molar-refractivity contribution is 5.94. The van der Waals surface area contributed by atoms with Crippen LogP contribution in [0.4, 0.5) is 0 Å². The zero-order valence-electron chi connectivity index (χ0n) is 6.54. The van der Waals surface area contributed by atoms with Gasteiger partial charge in [-0.1, -0.05) is 6.92 Å². The van der Waals surface area contributed by atoms with Gasteiger partial charge in [0.15, 0.2) is 0 Å². The van der Waals surface area contributed by atoms with Crippen LogP contribution in [-0.2, 0) is 6.54 Å². The lowest BCUT2D eigenvalue weighted by molar-refractivity contribution is 0.602. The van der Waals surface area contributed by atoms with Crippen LogP contribution in [0.3, 0.4) is 0 Å². The number of aryl methyl sites for hydroxylation is 1. The van der Waals surface area contributed by atoms with Gasteiger partial charge >= 0.3 is 0 Å². The van der Waals surface area contributed by atoms with Crippen LogP contribution in [0.2, 0.25) is 0 Å². The number of nitrogens with one attached hydrogen (secondary N) is 1. The second kappa shape index (κ2) is 3.18. The summed E-state index contributed by atoms with van der Waals surface area (Å²) < 4.78 is 1.79. The summed E-state index contributed by atoms with van der Waals surface area (Å²) in [5.41, 5.74) is 5.95. The zero-order valence-corrected chi connectivity index (χ0v) is 6.54. The summed E-state index contributed by atoms with van der Waals surface area (Å²) in [6.45, 7) is 2.96. The molecule has 60 valence electrons. The second-order valence-electron chi connectivity index (χ2n) is 2.41. The van der Waals surface area contributed by atoms with Crippen LogP contribution >= 0.6 is 0 Å². The van der Waals surface area contributed by atoms with Gasteiger partial charge in [-0.2, -0.15) is 5.10 Å². The normalized spacial score (nSPS) is 9.91. The van der Waals surface area contributed by atoms with E-state index in [1.807, 2.05) is 0 Å². The van der Waals surface area contributed by atoms with Crippen LogP contribution in [0.5, 0.6) is 0 Å². The fourth-order valence-corrected chi connectivity index (χ4v) is 0.854. The quantitative estimate of drug-likeness (QED) is 0.491. The van der Waals surface area contributed by atoms with Crippen molar-refractivity contribution >= 4 is 5.84 Å². The SMILES string of the molecule is CCCn1cc(C(=N)N)cn1. The summed E-state index contributed by atoms with van der Waals surface area (Å²) in [6.07, 6.45) is 4.43. The minimum absolute atomic E-state index is 0.0763. The maximum Gasteiger partial charge on any atom is 0.125 e. The molecule has 0 atom stereocenters. The Balaban J connectivity index is 2.73. The van der Waals surface area contributed by atoms with Crippen LogP contribution in [0.1, 0.15) is 18.9 Å². The second-order valence-corrected chi connectivity index (χ2v) is 2.41. The molecule has 0 amide bonds. The summed E-state index contributed by atoms with van der Waals surface area (Å²) >= 11 is 0. The number of rotatable bonds is 3. The predicted molar refractivity (Wildman–Crippen MR) is 43.5 cm³/mol. The van der Waals surface area contributed by atoms with Crippen molar-refractivity contribution in [1.82, 2.24) is 9.78 Å². The summed E-state index contributed by atoms with van der Waals surface area (Å²) in [5.74, 6) is 0.0763. The number of nitrogens with zero attached hydrogens (tertiary/aromatic N) is 2. The van der Waals surface area contributed by atoms with E-state index >= 15 is 0 Å². The van der Waals surface area contributed by atoms with Crippen molar-refractivity contribution in [2.45, 2.75) is 19.9 Å². The highest BCUT2D eigenvalue weighted by Crippen LogP contribution is 1.96. The van der Waals surface area contributed by atoms with Crippen LogP contribution in [0.15, 0.2) is 12.4 Å². The predicted octanol–water partition coefficient (Wildman–Crippen LogP) is 0.577. The first kappa shape index (κ1) is 7.78. The van der Waals surface area contributed by atoms with Crippen LogP contribution in [-0.4, -0.2) is 15.6 Å². The van der Waals surface area contributed by atoms with Crippen LogP contribution in [0, 0.1) is 5.41 Å². The molecule has 4 heteroatoms. The van der Waals surface area contributed by atoms with E-state index in [1.165, 1.54) is 0 Å². The summed E-state index contributed by atoms with van der Waals surface area (Å²) in [6, 6.07) is 0. The molecule has 1 rings (SSSR count). The zero-order chi connectivity index (χ0) is 8.27. The maximum absolute atomic E-state index is 7.11. The van der Waals surface area contributed by atoms with E-state index < -0.39 is 0 Å². The van der Waals surface area contributed by atoms with Crippen molar-refractivity contribution in [3.8, 4) is 0 Å². The average molecular weight is 152 g/mol. The van der Waals surface area contributed by atoms with Gasteiger partial charge in [0.25, 0.3) is 0 Å². The molecule has 0 spiro atoms. The van der Waals surface area contributed by atoms with Crippen LogP contribution < -0.4 is 5.73 Å². The van der Waals surface area contributed by atoms with Crippen molar-refractivity contribution in [1.29, 1.82) is 5.41 Å². The fourth-order valence-electron chi connectivity index (χ4n) is 0.854. The fraction of sp³-hybridized carbons (Fsp3) is 0.429. The number of hydrogen-bond acceptors (Lipinski definition) is 2. The van der Waals surface area contributed by atoms with Crippen molar-refractivity contribution in [3.05, 3.63) is 18.0 Å². The minimum atomic E-state index is 0.0763. The highest BCUT2D eigenvalue weighted by atomic mass is 15.3. The third-order valence-electron chi connectivity index (χ3n) is 1.40. The molecule has 0 saturated carbocycles. The molecule has 0 aliphatic carbocycles. The van der Waals surface area contributed by atoms with Gasteiger partial charge in [0.2, 0.25) is 0 Å². The Bertz CT molecular complexity index is 251. The van der Waals surface area contributed by atoms with E-state index in [0.717, 1.165) is 13.0 Å². The molecule has 0 aliphatic heterocycles. The maximum atomic E-state index is 7.11. The molecule has 4 nitrogen and oxygen atoms in total. The third-order valence-corrected chi connectivity index (χ3v) is 1.40. The molecule has 0 aromatic carbocycles. The Morgan fingerprint density at radius 1 is 1.82 bits per heavy atom. The highest BCUT2D eigenvalue weighted by Gasteiger charge is 1.98. The summed E-state index contributed by atoms with van der Waals surface area (Å²) in [5, 5.41) is 11.1. The Kier molecular flexibility index (Phi) is 2.25. The number of amidine groups is 1. The Labute approximate surface area is 65.5 Å². The molecule has 11 heavy (non-hydrogen) atoms. The van der Waals surface area contributed by atoms with Gasteiger partial charge in [0.05, 0.1) is 11.8 Å². The van der Waals surface area contributed by atoms with Gasteiger partial charge in [-0.25, -0.2) is 0 Å². The summed E-state index contributed by atoms with van der Waals surface area (Å²) in [4.78, 5) is 0. The van der Waals surface area contributed by atoms with E-state index in [4.69, 9.17) is 11.1 Å². The monoisotopic (exact) mass is 152 g/mol. The van der Waals surface area contributed by atoms with E-state index in [1.54, 1.807) is 17.1 Å². The lowest BCUT2D eigenvalue weighted by atomic mass is 10.3. The van der Waals surface area contributed by atoms with Crippen molar-refractivity contribution < 1.29 is 0 Å². The largest absolute Gasteiger partial charge is 0.384 e. The average Bonchev–Trinajstić information content (AvgIpc) is 2.37. The molecule has 0 unspecified atom stereocenters. The first-order valence-electron chi connectivity index (χ1n) is 3.61. The van der Waals surface area contributed by atoms with Gasteiger partial charge in [0, 0.05) is 12.7 Å². The standard InChI is InChI=1S/C7H12N4/c1-2-3-11-5-6(4-10-11)7(8)9/h4-5H,2-3H2,1H3,(H3,8,9). The molecule has 0 radical (unpaired) electrons. The molecule has 1 aromatic rings. The van der Waals surface area contributed by atoms with Gasteiger partial charge < -0.3 is 5.73 Å². The van der Waals surface area contributed by atoms with Crippen LogP contribution in [0.25, 0.3) is 0 Å². The number of nitrogens with two attached hydrogens (primary N) is 1. The molecule has 0 aliphatic rings. The smallest absolute Gasteiger partial charge is 0.125 e. The first-order valence-corrected chi connectivity index (χ1v) is 3.61. The Morgan fingerprint density at radius 3 is 3.00 bits per heavy atom.